The lowest BCUT2D eigenvalue weighted by molar-refractivity contribution is 0.495. The van der Waals surface area contributed by atoms with E-state index in [1.54, 1.807) is 30.2 Å². The molecule has 0 unspecified atom stereocenters. The third-order valence-corrected chi connectivity index (χ3v) is 5.00. The highest BCUT2D eigenvalue weighted by atomic mass is 19.1. The third-order valence-electron chi connectivity index (χ3n) is 5.00. The second kappa shape index (κ2) is 8.27. The molecule has 1 aliphatic heterocycles. The van der Waals surface area contributed by atoms with Crippen LogP contribution in [0.15, 0.2) is 30.6 Å². The molecule has 0 aliphatic carbocycles. The Labute approximate surface area is 173 Å². The van der Waals surface area contributed by atoms with Gasteiger partial charge in [-0.25, -0.2) is 19.0 Å². The lowest BCUT2D eigenvalue weighted by Crippen LogP contribution is -2.40. The summed E-state index contributed by atoms with van der Waals surface area (Å²) in [6.07, 6.45) is 4.91. The molecule has 0 bridgehead atoms. The van der Waals surface area contributed by atoms with Gasteiger partial charge in [-0.3, -0.25) is 0 Å². The molecule has 2 N–H and O–H groups in total. The fourth-order valence-electron chi connectivity index (χ4n) is 3.22. The van der Waals surface area contributed by atoms with Crippen molar-refractivity contribution in [1.29, 1.82) is 5.26 Å². The number of anilines is 1. The van der Waals surface area contributed by atoms with Crippen LogP contribution < -0.4 is 10.6 Å². The third kappa shape index (κ3) is 3.97. The summed E-state index contributed by atoms with van der Waals surface area (Å²) in [5.74, 6) is 5.98. The Hall–Kier alpha value is -3.82. The molecule has 0 saturated carbocycles. The van der Waals surface area contributed by atoms with Crippen molar-refractivity contribution >= 4 is 5.95 Å². The Morgan fingerprint density at radius 3 is 2.63 bits per heavy atom. The van der Waals surface area contributed by atoms with E-state index >= 15 is 0 Å². The predicted octanol–water partition coefficient (Wildman–Crippen LogP) is 1.61. The number of nitrogens with two attached hydrogens (primary N) is 1. The maximum absolute atomic E-state index is 14.3. The Kier molecular flexibility index (Phi) is 5.38. The standard InChI is InChI=1S/C21H19FN8/c1-29-18(13-26-28-29)5-4-16-12-25-21(30-8-6-17(24)7-9-30)27-20(16)14-2-3-15(11-23)19(22)10-14/h2-3,10,12-13,17H,6-9,24H2,1H3. The summed E-state index contributed by atoms with van der Waals surface area (Å²) in [6.45, 7) is 1.52. The number of nitriles is 1. The molecule has 3 aromatic rings. The van der Waals surface area contributed by atoms with Crippen molar-refractivity contribution in [2.75, 3.05) is 18.0 Å². The molecule has 1 fully saturated rings. The molecule has 150 valence electrons. The SMILES string of the molecule is Cn1nncc1C#Cc1cnc(N2CCC(N)CC2)nc1-c1ccc(C#N)c(F)c1. The quantitative estimate of drug-likeness (QED) is 0.649. The van der Waals surface area contributed by atoms with Gasteiger partial charge in [0, 0.05) is 37.9 Å². The second-order valence-corrected chi connectivity index (χ2v) is 7.06. The molecule has 1 saturated heterocycles. The lowest BCUT2D eigenvalue weighted by atomic mass is 10.0. The van der Waals surface area contributed by atoms with E-state index in [4.69, 9.17) is 16.0 Å². The van der Waals surface area contributed by atoms with Crippen LogP contribution in [0.3, 0.4) is 0 Å². The minimum atomic E-state index is -0.603. The molecule has 1 aromatic carbocycles. The topological polar surface area (TPSA) is 110 Å². The van der Waals surface area contributed by atoms with Crippen LogP contribution in [0, 0.1) is 29.0 Å². The number of aryl methyl sites for hydroxylation is 1. The van der Waals surface area contributed by atoms with Gasteiger partial charge in [-0.1, -0.05) is 17.2 Å². The van der Waals surface area contributed by atoms with E-state index in [2.05, 4.69) is 32.0 Å². The van der Waals surface area contributed by atoms with Crippen LogP contribution in [0.1, 0.15) is 29.7 Å². The van der Waals surface area contributed by atoms with Crippen LogP contribution >= 0.6 is 0 Å². The Bertz CT molecular complexity index is 1180. The van der Waals surface area contributed by atoms with Crippen LogP contribution in [-0.4, -0.2) is 44.1 Å². The molecule has 0 radical (unpaired) electrons. The van der Waals surface area contributed by atoms with Gasteiger partial charge in [0.1, 0.15) is 17.6 Å². The fraction of sp³-hybridized carbons (Fsp3) is 0.286. The zero-order valence-corrected chi connectivity index (χ0v) is 16.4. The van der Waals surface area contributed by atoms with Crippen LogP contribution in [-0.2, 0) is 7.05 Å². The molecule has 3 heterocycles. The molecular formula is C21H19FN8. The number of halogens is 1. The molecular weight excluding hydrogens is 383 g/mol. The number of rotatable bonds is 2. The molecule has 30 heavy (non-hydrogen) atoms. The first-order valence-corrected chi connectivity index (χ1v) is 9.49. The van der Waals surface area contributed by atoms with E-state index in [0.717, 1.165) is 25.9 Å². The molecule has 4 rings (SSSR count). The second-order valence-electron chi connectivity index (χ2n) is 7.06. The first kappa shape index (κ1) is 19.5. The Balaban J connectivity index is 1.78. The maximum atomic E-state index is 14.3. The zero-order chi connectivity index (χ0) is 21.1. The van der Waals surface area contributed by atoms with E-state index in [0.29, 0.717) is 28.5 Å². The van der Waals surface area contributed by atoms with Gasteiger partial charge in [-0.05, 0) is 30.9 Å². The number of hydrogen-bond acceptors (Lipinski definition) is 7. The Morgan fingerprint density at radius 2 is 1.97 bits per heavy atom. The highest BCUT2D eigenvalue weighted by molar-refractivity contribution is 5.69. The molecule has 1 aliphatic rings. The van der Waals surface area contributed by atoms with Crippen LogP contribution in [0.25, 0.3) is 11.3 Å². The molecule has 8 nitrogen and oxygen atoms in total. The first-order valence-electron chi connectivity index (χ1n) is 9.49. The van der Waals surface area contributed by atoms with Gasteiger partial charge >= 0.3 is 0 Å². The van der Waals surface area contributed by atoms with Crippen molar-refractivity contribution in [1.82, 2.24) is 25.0 Å². The number of nitrogens with zero attached hydrogens (tertiary/aromatic N) is 7. The van der Waals surface area contributed by atoms with Crippen molar-refractivity contribution in [3.63, 3.8) is 0 Å². The summed E-state index contributed by atoms with van der Waals surface area (Å²) < 4.78 is 15.8. The average Bonchev–Trinajstić information content (AvgIpc) is 3.17. The monoisotopic (exact) mass is 402 g/mol. The van der Waals surface area contributed by atoms with Crippen molar-refractivity contribution in [3.8, 4) is 29.2 Å². The summed E-state index contributed by atoms with van der Waals surface area (Å²) in [6, 6.07) is 6.42. The molecule has 0 spiro atoms. The van der Waals surface area contributed by atoms with Gasteiger partial charge in [-0.15, -0.1) is 5.10 Å². The van der Waals surface area contributed by atoms with Gasteiger partial charge in [-0.2, -0.15) is 5.26 Å². The minimum absolute atomic E-state index is 0.0216. The Morgan fingerprint density at radius 1 is 1.17 bits per heavy atom. The van der Waals surface area contributed by atoms with E-state index < -0.39 is 5.82 Å². The van der Waals surface area contributed by atoms with E-state index in [-0.39, 0.29) is 11.6 Å². The van der Waals surface area contributed by atoms with E-state index in [9.17, 15) is 4.39 Å². The first-order chi connectivity index (χ1) is 14.5. The largest absolute Gasteiger partial charge is 0.341 e. The summed E-state index contributed by atoms with van der Waals surface area (Å²) in [5.41, 5.74) is 8.17. The number of piperidine rings is 1. The summed E-state index contributed by atoms with van der Waals surface area (Å²) >= 11 is 0. The van der Waals surface area contributed by atoms with Gasteiger partial charge in [0.05, 0.1) is 23.0 Å². The van der Waals surface area contributed by atoms with Crippen molar-refractivity contribution in [3.05, 3.63) is 53.2 Å². The van der Waals surface area contributed by atoms with Gasteiger partial charge in [0.2, 0.25) is 5.95 Å². The summed E-state index contributed by atoms with van der Waals surface area (Å²) in [7, 11) is 1.74. The minimum Gasteiger partial charge on any atom is -0.341 e. The fourth-order valence-corrected chi connectivity index (χ4v) is 3.22. The smallest absolute Gasteiger partial charge is 0.225 e. The van der Waals surface area contributed by atoms with Crippen LogP contribution in [0.5, 0.6) is 0 Å². The number of aromatic nitrogens is 5. The van der Waals surface area contributed by atoms with Crippen molar-refractivity contribution in [2.24, 2.45) is 12.8 Å². The molecule has 0 amide bonds. The lowest BCUT2D eigenvalue weighted by Gasteiger charge is -2.30. The van der Waals surface area contributed by atoms with Crippen molar-refractivity contribution in [2.45, 2.75) is 18.9 Å². The van der Waals surface area contributed by atoms with Gasteiger partial charge in [0.15, 0.2) is 0 Å². The maximum Gasteiger partial charge on any atom is 0.225 e. The summed E-state index contributed by atoms with van der Waals surface area (Å²) in [4.78, 5) is 11.2. The van der Waals surface area contributed by atoms with E-state index in [1.807, 2.05) is 6.07 Å². The number of benzene rings is 1. The predicted molar refractivity (Wildman–Crippen MR) is 109 cm³/mol. The zero-order valence-electron chi connectivity index (χ0n) is 16.4. The summed E-state index contributed by atoms with van der Waals surface area (Å²) in [5, 5.41) is 16.7. The normalized spacial score (nSPS) is 14.1. The van der Waals surface area contributed by atoms with E-state index in [1.165, 1.54) is 12.1 Å². The highest BCUT2D eigenvalue weighted by Gasteiger charge is 2.20. The molecule has 9 heteroatoms. The average molecular weight is 402 g/mol. The van der Waals surface area contributed by atoms with Crippen molar-refractivity contribution < 1.29 is 4.39 Å². The molecule has 0 atom stereocenters. The highest BCUT2D eigenvalue weighted by Crippen LogP contribution is 2.26. The van der Waals surface area contributed by atoms with Crippen LogP contribution in [0.4, 0.5) is 10.3 Å². The molecule has 2 aromatic heterocycles. The van der Waals surface area contributed by atoms with Crippen LogP contribution in [0.2, 0.25) is 0 Å². The number of hydrogen-bond donors (Lipinski definition) is 1. The van der Waals surface area contributed by atoms with Gasteiger partial charge in [0.25, 0.3) is 0 Å². The van der Waals surface area contributed by atoms with Gasteiger partial charge < -0.3 is 10.6 Å².